The molecule has 0 aliphatic carbocycles. The van der Waals surface area contributed by atoms with E-state index >= 15 is 0 Å². The molecule has 0 aliphatic heterocycles. The summed E-state index contributed by atoms with van der Waals surface area (Å²) in [6, 6.07) is 13.2. The number of carbonyl (C=O) groups excluding carboxylic acids is 2. The summed E-state index contributed by atoms with van der Waals surface area (Å²) in [5.41, 5.74) is 5.41. The van der Waals surface area contributed by atoms with Crippen LogP contribution in [0.4, 0.5) is 0 Å². The zero-order chi connectivity index (χ0) is 20.0. The van der Waals surface area contributed by atoms with Gasteiger partial charge >= 0.3 is 5.97 Å². The number of esters is 1. The summed E-state index contributed by atoms with van der Waals surface area (Å²) in [4.78, 5) is 27.0. The number of carbonyl (C=O) groups is 2. The van der Waals surface area contributed by atoms with E-state index in [1.807, 2.05) is 51.1 Å². The van der Waals surface area contributed by atoms with Crippen LogP contribution in [0.2, 0.25) is 0 Å². The number of rotatable bonds is 7. The molecule has 0 radical (unpaired) electrons. The molecule has 0 saturated carbocycles. The van der Waals surface area contributed by atoms with Crippen LogP contribution in [0, 0.1) is 20.8 Å². The van der Waals surface area contributed by atoms with Crippen LogP contribution in [0.15, 0.2) is 42.5 Å². The summed E-state index contributed by atoms with van der Waals surface area (Å²) in [5, 5.41) is 0. The molecule has 1 atom stereocenters. The number of likely N-dealkylation sites (N-methyl/N-ethyl adjacent to an activating group) is 1. The monoisotopic (exact) mass is 367 g/mol. The zero-order valence-corrected chi connectivity index (χ0v) is 16.9. The SMILES string of the molecule is CCOC(=O)C(Cc1ccccc1)N(C)C(=O)Cc1c(C)cc(C)cc1C. The standard InChI is InChI=1S/C23H29NO3/c1-6-27-23(26)21(14-19-10-8-7-9-11-19)24(5)22(25)15-20-17(3)12-16(2)13-18(20)4/h7-13,21H,6,14-15H2,1-5H3. The average Bonchev–Trinajstić information content (AvgIpc) is 2.63. The molecule has 1 amide bonds. The van der Waals surface area contributed by atoms with Gasteiger partial charge in [0.2, 0.25) is 5.91 Å². The predicted molar refractivity (Wildman–Crippen MR) is 108 cm³/mol. The van der Waals surface area contributed by atoms with Gasteiger partial charge in [-0.2, -0.15) is 0 Å². The van der Waals surface area contributed by atoms with Crippen molar-refractivity contribution in [3.05, 3.63) is 70.3 Å². The third-order valence-corrected chi connectivity index (χ3v) is 4.86. The van der Waals surface area contributed by atoms with Crippen molar-refractivity contribution in [3.8, 4) is 0 Å². The van der Waals surface area contributed by atoms with Crippen LogP contribution in [0.5, 0.6) is 0 Å². The molecule has 0 aromatic heterocycles. The third-order valence-electron chi connectivity index (χ3n) is 4.86. The Morgan fingerprint density at radius 2 is 1.63 bits per heavy atom. The molecule has 0 bridgehead atoms. The van der Waals surface area contributed by atoms with Gasteiger partial charge in [0.25, 0.3) is 0 Å². The van der Waals surface area contributed by atoms with E-state index in [4.69, 9.17) is 4.74 Å². The fourth-order valence-electron chi connectivity index (χ4n) is 3.39. The van der Waals surface area contributed by atoms with Crippen molar-refractivity contribution < 1.29 is 14.3 Å². The Morgan fingerprint density at radius 1 is 1.04 bits per heavy atom. The molecule has 0 aliphatic rings. The number of ether oxygens (including phenoxy) is 1. The number of aryl methyl sites for hydroxylation is 3. The smallest absolute Gasteiger partial charge is 0.329 e. The highest BCUT2D eigenvalue weighted by Gasteiger charge is 2.28. The highest BCUT2D eigenvalue weighted by molar-refractivity contribution is 5.86. The number of hydrogen-bond acceptors (Lipinski definition) is 3. The minimum Gasteiger partial charge on any atom is -0.464 e. The maximum absolute atomic E-state index is 13.0. The van der Waals surface area contributed by atoms with Gasteiger partial charge < -0.3 is 9.64 Å². The fraction of sp³-hybridized carbons (Fsp3) is 0.391. The summed E-state index contributed by atoms with van der Waals surface area (Å²) in [5.74, 6) is -0.450. The maximum atomic E-state index is 13.0. The first-order chi connectivity index (χ1) is 12.8. The van der Waals surface area contributed by atoms with E-state index in [1.165, 1.54) is 10.5 Å². The molecule has 0 fully saturated rings. The van der Waals surface area contributed by atoms with E-state index in [0.29, 0.717) is 13.0 Å². The second-order valence-corrected chi connectivity index (χ2v) is 7.02. The predicted octanol–water partition coefficient (Wildman–Crippen LogP) is 3.79. The van der Waals surface area contributed by atoms with Gasteiger partial charge in [0.15, 0.2) is 0 Å². The Labute approximate surface area is 162 Å². The first-order valence-electron chi connectivity index (χ1n) is 9.36. The van der Waals surface area contributed by atoms with Crippen molar-refractivity contribution in [2.24, 2.45) is 0 Å². The normalized spacial score (nSPS) is 11.7. The molecule has 2 aromatic rings. The molecule has 0 heterocycles. The third kappa shape index (κ3) is 5.43. The second-order valence-electron chi connectivity index (χ2n) is 7.02. The molecule has 1 unspecified atom stereocenters. The number of nitrogens with zero attached hydrogens (tertiary/aromatic N) is 1. The topological polar surface area (TPSA) is 46.6 Å². The van der Waals surface area contributed by atoms with Gasteiger partial charge in [-0.25, -0.2) is 4.79 Å². The van der Waals surface area contributed by atoms with Crippen LogP contribution in [0.25, 0.3) is 0 Å². The summed E-state index contributed by atoms with van der Waals surface area (Å²) in [6.07, 6.45) is 0.715. The summed E-state index contributed by atoms with van der Waals surface area (Å²) < 4.78 is 5.23. The number of amides is 1. The van der Waals surface area contributed by atoms with Gasteiger partial charge in [0, 0.05) is 13.5 Å². The van der Waals surface area contributed by atoms with Crippen LogP contribution >= 0.6 is 0 Å². The number of hydrogen-bond donors (Lipinski definition) is 0. The lowest BCUT2D eigenvalue weighted by atomic mass is 9.96. The molecular weight excluding hydrogens is 338 g/mol. The van der Waals surface area contributed by atoms with Crippen LogP contribution < -0.4 is 0 Å². The molecule has 2 aromatic carbocycles. The van der Waals surface area contributed by atoms with Crippen molar-refractivity contribution in [2.45, 2.75) is 46.6 Å². The molecule has 2 rings (SSSR count). The molecule has 0 N–H and O–H groups in total. The zero-order valence-electron chi connectivity index (χ0n) is 16.9. The average molecular weight is 367 g/mol. The summed E-state index contributed by atoms with van der Waals surface area (Å²) >= 11 is 0. The summed E-state index contributed by atoms with van der Waals surface area (Å²) in [7, 11) is 1.69. The van der Waals surface area contributed by atoms with Crippen LogP contribution in [-0.2, 0) is 27.2 Å². The van der Waals surface area contributed by atoms with Crippen LogP contribution in [0.1, 0.15) is 34.7 Å². The van der Waals surface area contributed by atoms with Crippen molar-refractivity contribution in [3.63, 3.8) is 0 Å². The van der Waals surface area contributed by atoms with Crippen molar-refractivity contribution in [1.82, 2.24) is 4.90 Å². The van der Waals surface area contributed by atoms with Gasteiger partial charge in [-0.3, -0.25) is 4.79 Å². The van der Waals surface area contributed by atoms with Crippen molar-refractivity contribution in [2.75, 3.05) is 13.7 Å². The Bertz CT molecular complexity index is 776. The molecule has 27 heavy (non-hydrogen) atoms. The first-order valence-corrected chi connectivity index (χ1v) is 9.36. The van der Waals surface area contributed by atoms with E-state index in [0.717, 1.165) is 22.3 Å². The summed E-state index contributed by atoms with van der Waals surface area (Å²) in [6.45, 7) is 8.17. The minimum absolute atomic E-state index is 0.0842. The lowest BCUT2D eigenvalue weighted by Crippen LogP contribution is -2.45. The Balaban J connectivity index is 2.22. The van der Waals surface area contributed by atoms with Gasteiger partial charge in [-0.15, -0.1) is 0 Å². The highest BCUT2D eigenvalue weighted by atomic mass is 16.5. The van der Waals surface area contributed by atoms with E-state index in [9.17, 15) is 9.59 Å². The molecule has 4 nitrogen and oxygen atoms in total. The highest BCUT2D eigenvalue weighted by Crippen LogP contribution is 2.19. The van der Waals surface area contributed by atoms with E-state index in [2.05, 4.69) is 12.1 Å². The first kappa shape index (κ1) is 20.7. The molecule has 4 heteroatoms. The van der Waals surface area contributed by atoms with Gasteiger partial charge in [-0.05, 0) is 49.9 Å². The minimum atomic E-state index is -0.633. The fourth-order valence-corrected chi connectivity index (χ4v) is 3.39. The van der Waals surface area contributed by atoms with Crippen molar-refractivity contribution in [1.29, 1.82) is 0 Å². The van der Waals surface area contributed by atoms with Gasteiger partial charge in [-0.1, -0.05) is 48.0 Å². The lowest BCUT2D eigenvalue weighted by molar-refractivity contribution is -0.153. The van der Waals surface area contributed by atoms with E-state index in [-0.39, 0.29) is 18.3 Å². The second kappa shape index (κ2) is 9.36. The van der Waals surface area contributed by atoms with Gasteiger partial charge in [0.05, 0.1) is 13.0 Å². The maximum Gasteiger partial charge on any atom is 0.329 e. The lowest BCUT2D eigenvalue weighted by Gasteiger charge is -2.27. The Hall–Kier alpha value is -2.62. The van der Waals surface area contributed by atoms with Gasteiger partial charge in [0.1, 0.15) is 6.04 Å². The quantitative estimate of drug-likeness (QED) is 0.700. The molecule has 0 saturated heterocycles. The van der Waals surface area contributed by atoms with Crippen molar-refractivity contribution >= 4 is 11.9 Å². The Morgan fingerprint density at radius 3 is 2.19 bits per heavy atom. The molecule has 144 valence electrons. The number of benzene rings is 2. The largest absolute Gasteiger partial charge is 0.464 e. The molecular formula is C23H29NO3. The van der Waals surface area contributed by atoms with Crippen LogP contribution in [0.3, 0.4) is 0 Å². The van der Waals surface area contributed by atoms with E-state index < -0.39 is 6.04 Å². The Kier molecular flexibility index (Phi) is 7.17. The van der Waals surface area contributed by atoms with Crippen LogP contribution in [-0.4, -0.2) is 36.5 Å². The van der Waals surface area contributed by atoms with E-state index in [1.54, 1.807) is 14.0 Å². The molecule has 0 spiro atoms.